The third-order valence-electron chi connectivity index (χ3n) is 2.38. The van der Waals surface area contributed by atoms with Crippen molar-refractivity contribution in [3.63, 3.8) is 0 Å². The summed E-state index contributed by atoms with van der Waals surface area (Å²) in [7, 11) is 2.96. The van der Waals surface area contributed by atoms with Gasteiger partial charge in [0.15, 0.2) is 0 Å². The molecule has 0 fully saturated rings. The highest BCUT2D eigenvalue weighted by Gasteiger charge is 2.15. The van der Waals surface area contributed by atoms with E-state index in [1.165, 1.54) is 37.2 Å². The lowest BCUT2D eigenvalue weighted by molar-refractivity contribution is -0.0553. The lowest BCUT2D eigenvalue weighted by Gasteiger charge is -2.05. The number of nitrogens with zero attached hydrogens (tertiary/aromatic N) is 3. The van der Waals surface area contributed by atoms with Crippen LogP contribution in [0.5, 0.6) is 11.6 Å². The van der Waals surface area contributed by atoms with Crippen LogP contribution in [0.2, 0.25) is 5.15 Å². The van der Waals surface area contributed by atoms with E-state index in [9.17, 15) is 8.78 Å². The Kier molecular flexibility index (Phi) is 3.84. The number of halogens is 3. The van der Waals surface area contributed by atoms with Gasteiger partial charge in [-0.15, -0.1) is 0 Å². The van der Waals surface area contributed by atoms with E-state index in [2.05, 4.69) is 14.8 Å². The first-order valence-corrected chi connectivity index (χ1v) is 5.58. The maximum atomic E-state index is 12.2. The zero-order valence-electron chi connectivity index (χ0n) is 10.1. The number of alkyl halides is 2. The minimum atomic E-state index is -2.91. The third-order valence-corrected chi connectivity index (χ3v) is 2.58. The largest absolute Gasteiger partial charge is 0.496 e. The Labute approximate surface area is 112 Å². The maximum absolute atomic E-state index is 12.2. The molecule has 0 aromatic carbocycles. The van der Waals surface area contributed by atoms with Crippen molar-refractivity contribution in [1.29, 1.82) is 0 Å². The van der Waals surface area contributed by atoms with E-state index in [4.69, 9.17) is 16.3 Å². The summed E-state index contributed by atoms with van der Waals surface area (Å²) in [6, 6.07) is 2.89. The number of methoxy groups -OCH3 is 1. The molecule has 0 aliphatic carbocycles. The molecule has 0 unspecified atom stereocenters. The Bertz CT molecular complexity index is 589. The highest BCUT2D eigenvalue weighted by molar-refractivity contribution is 6.29. The number of aromatic nitrogens is 3. The van der Waals surface area contributed by atoms with Gasteiger partial charge in [0.2, 0.25) is 5.88 Å². The van der Waals surface area contributed by atoms with Crippen molar-refractivity contribution in [1.82, 2.24) is 14.8 Å². The van der Waals surface area contributed by atoms with Gasteiger partial charge >= 0.3 is 6.61 Å². The van der Waals surface area contributed by atoms with Gasteiger partial charge in [0.05, 0.1) is 12.7 Å². The fraction of sp³-hybridized carbons (Fsp3) is 0.273. The number of hydrogen-bond donors (Lipinski definition) is 0. The molecule has 19 heavy (non-hydrogen) atoms. The van der Waals surface area contributed by atoms with Crippen molar-refractivity contribution in [2.45, 2.75) is 6.61 Å². The molecule has 102 valence electrons. The highest BCUT2D eigenvalue weighted by atomic mass is 35.5. The highest BCUT2D eigenvalue weighted by Crippen LogP contribution is 2.32. The Balaban J connectivity index is 2.42. The van der Waals surface area contributed by atoms with Crippen LogP contribution in [0.3, 0.4) is 0 Å². The molecule has 0 bridgehead atoms. The van der Waals surface area contributed by atoms with Crippen molar-refractivity contribution in [2.24, 2.45) is 7.05 Å². The van der Waals surface area contributed by atoms with Gasteiger partial charge in [-0.3, -0.25) is 0 Å². The lowest BCUT2D eigenvalue weighted by Crippen LogP contribution is -2.05. The number of hydrogen-bond acceptors (Lipinski definition) is 4. The van der Waals surface area contributed by atoms with Crippen LogP contribution in [0.25, 0.3) is 11.3 Å². The van der Waals surface area contributed by atoms with Gasteiger partial charge in [-0.1, -0.05) is 11.6 Å². The molecule has 2 rings (SSSR count). The zero-order chi connectivity index (χ0) is 14.0. The van der Waals surface area contributed by atoms with E-state index in [1.807, 2.05) is 0 Å². The topological polar surface area (TPSA) is 49.2 Å². The molecule has 2 aromatic heterocycles. The van der Waals surface area contributed by atoms with Gasteiger partial charge in [0.1, 0.15) is 16.6 Å². The third kappa shape index (κ3) is 2.93. The molecule has 0 aliphatic rings. The molecule has 0 amide bonds. The van der Waals surface area contributed by atoms with Crippen LogP contribution in [0.1, 0.15) is 0 Å². The molecule has 0 N–H and O–H groups in total. The Morgan fingerprint density at radius 1 is 1.37 bits per heavy atom. The minimum Gasteiger partial charge on any atom is -0.496 e. The van der Waals surface area contributed by atoms with Gasteiger partial charge in [-0.25, -0.2) is 9.67 Å². The number of rotatable bonds is 4. The smallest absolute Gasteiger partial charge is 0.388 e. The molecule has 8 heteroatoms. The monoisotopic (exact) mass is 289 g/mol. The second-order valence-electron chi connectivity index (χ2n) is 3.58. The zero-order valence-corrected chi connectivity index (χ0v) is 10.9. The van der Waals surface area contributed by atoms with Gasteiger partial charge in [-0.2, -0.15) is 13.9 Å². The van der Waals surface area contributed by atoms with Crippen molar-refractivity contribution >= 4 is 11.6 Å². The van der Waals surface area contributed by atoms with Crippen molar-refractivity contribution in [2.75, 3.05) is 7.11 Å². The molecule has 0 aliphatic heterocycles. The van der Waals surface area contributed by atoms with Crippen LogP contribution < -0.4 is 9.47 Å². The summed E-state index contributed by atoms with van der Waals surface area (Å²) in [6.07, 6.45) is 1.45. The first-order valence-electron chi connectivity index (χ1n) is 5.20. The minimum absolute atomic E-state index is 0.0537. The summed E-state index contributed by atoms with van der Waals surface area (Å²) in [4.78, 5) is 3.91. The fourth-order valence-electron chi connectivity index (χ4n) is 1.56. The molecular weight excluding hydrogens is 280 g/mol. The van der Waals surface area contributed by atoms with E-state index < -0.39 is 6.61 Å². The van der Waals surface area contributed by atoms with Crippen LogP contribution >= 0.6 is 11.6 Å². The van der Waals surface area contributed by atoms with Crippen LogP contribution in [0.15, 0.2) is 18.3 Å². The number of pyridine rings is 1. The second kappa shape index (κ2) is 5.40. The first kappa shape index (κ1) is 13.5. The Morgan fingerprint density at radius 2 is 2.11 bits per heavy atom. The summed E-state index contributed by atoms with van der Waals surface area (Å²) in [5.74, 6) is 0.392. The number of aryl methyl sites for hydroxylation is 1. The van der Waals surface area contributed by atoms with E-state index in [0.29, 0.717) is 17.0 Å². The SMILES string of the molecule is COc1cc(Cl)ncc1-c1cc(OC(F)F)n(C)n1. The molecule has 2 aromatic rings. The molecule has 0 radical (unpaired) electrons. The normalized spacial score (nSPS) is 10.8. The van der Waals surface area contributed by atoms with Gasteiger partial charge in [-0.05, 0) is 0 Å². The average molecular weight is 290 g/mol. The quantitative estimate of drug-likeness (QED) is 0.812. The standard InChI is InChI=1S/C11H10ClF2N3O2/c1-17-10(19-11(13)14)3-7(16-17)6-5-15-9(12)4-8(6)18-2/h3-5,11H,1-2H3. The molecule has 0 atom stereocenters. The van der Waals surface area contributed by atoms with Crippen LogP contribution in [0, 0.1) is 0 Å². The first-order chi connectivity index (χ1) is 9.01. The lowest BCUT2D eigenvalue weighted by atomic mass is 10.2. The van der Waals surface area contributed by atoms with Gasteiger partial charge < -0.3 is 9.47 Å². The van der Waals surface area contributed by atoms with Gasteiger partial charge in [0.25, 0.3) is 0 Å². The Morgan fingerprint density at radius 3 is 2.74 bits per heavy atom. The summed E-state index contributed by atoms with van der Waals surface area (Å²) in [6.45, 7) is -2.91. The molecular formula is C11H10ClF2N3O2. The van der Waals surface area contributed by atoms with E-state index in [-0.39, 0.29) is 11.0 Å². The Hall–Kier alpha value is -1.89. The van der Waals surface area contributed by atoms with Crippen molar-refractivity contribution in [3.05, 3.63) is 23.5 Å². The van der Waals surface area contributed by atoms with Gasteiger partial charge in [0, 0.05) is 25.4 Å². The molecule has 0 saturated heterocycles. The fourth-order valence-corrected chi connectivity index (χ4v) is 1.71. The molecule has 0 saturated carbocycles. The summed E-state index contributed by atoms with van der Waals surface area (Å²) in [5, 5.41) is 4.33. The van der Waals surface area contributed by atoms with E-state index in [0.717, 1.165) is 0 Å². The van der Waals surface area contributed by atoms with Crippen molar-refractivity contribution < 1.29 is 18.3 Å². The maximum Gasteiger partial charge on any atom is 0.388 e. The van der Waals surface area contributed by atoms with Crippen LogP contribution in [-0.2, 0) is 7.05 Å². The van der Waals surface area contributed by atoms with Crippen LogP contribution in [0.4, 0.5) is 8.78 Å². The predicted molar refractivity (Wildman–Crippen MR) is 64.6 cm³/mol. The summed E-state index contributed by atoms with van der Waals surface area (Å²) >= 11 is 5.75. The van der Waals surface area contributed by atoms with E-state index >= 15 is 0 Å². The number of ether oxygens (including phenoxy) is 2. The molecule has 0 spiro atoms. The second-order valence-corrected chi connectivity index (χ2v) is 3.96. The van der Waals surface area contributed by atoms with Crippen molar-refractivity contribution in [3.8, 4) is 22.9 Å². The molecule has 2 heterocycles. The predicted octanol–water partition coefficient (Wildman–Crippen LogP) is 2.75. The summed E-state index contributed by atoms with van der Waals surface area (Å²) < 4.78 is 35.1. The average Bonchev–Trinajstić information content (AvgIpc) is 2.69. The summed E-state index contributed by atoms with van der Waals surface area (Å²) in [5.41, 5.74) is 0.936. The molecule has 5 nitrogen and oxygen atoms in total. The van der Waals surface area contributed by atoms with Crippen LogP contribution in [-0.4, -0.2) is 28.5 Å². The van der Waals surface area contributed by atoms with E-state index in [1.54, 1.807) is 0 Å².